The molecule has 98 valence electrons. The molecule has 4 heteroatoms. The Morgan fingerprint density at radius 3 is 2.72 bits per heavy atom. The van der Waals surface area contributed by atoms with Gasteiger partial charge in [-0.2, -0.15) is 0 Å². The number of nitrogens with two attached hydrogens (primary N) is 1. The van der Waals surface area contributed by atoms with Gasteiger partial charge in [-0.25, -0.2) is 0 Å². The van der Waals surface area contributed by atoms with E-state index in [0.717, 1.165) is 31.5 Å². The standard InChI is InChI=1S/C14H19ClN2O/c1-2-17-9-3-4-12(17)13(14(16)18)10-5-7-11(15)8-6-10/h5-8,12-13H,2-4,9H2,1H3,(H2,16,18)/t12-,13-/m0/s1. The van der Waals surface area contributed by atoms with E-state index in [9.17, 15) is 4.79 Å². The lowest BCUT2D eigenvalue weighted by Gasteiger charge is -2.29. The summed E-state index contributed by atoms with van der Waals surface area (Å²) >= 11 is 5.88. The van der Waals surface area contributed by atoms with Crippen molar-refractivity contribution in [2.75, 3.05) is 13.1 Å². The summed E-state index contributed by atoms with van der Waals surface area (Å²) in [5.74, 6) is -0.479. The average Bonchev–Trinajstić information content (AvgIpc) is 2.79. The minimum absolute atomic E-state index is 0.230. The molecule has 1 aromatic rings. The number of nitrogens with zero attached hydrogens (tertiary/aromatic N) is 1. The molecule has 3 nitrogen and oxygen atoms in total. The molecular weight excluding hydrogens is 248 g/mol. The number of likely N-dealkylation sites (tertiary alicyclic amines) is 1. The Labute approximate surface area is 113 Å². The van der Waals surface area contributed by atoms with Gasteiger partial charge in [0.25, 0.3) is 0 Å². The molecule has 1 aliphatic heterocycles. The summed E-state index contributed by atoms with van der Waals surface area (Å²) in [5, 5.41) is 0.681. The quantitative estimate of drug-likeness (QED) is 0.910. The number of rotatable bonds is 4. The molecule has 2 atom stereocenters. The van der Waals surface area contributed by atoms with Crippen molar-refractivity contribution in [1.29, 1.82) is 0 Å². The summed E-state index contributed by atoms with van der Waals surface area (Å²) in [6.45, 7) is 4.14. The van der Waals surface area contributed by atoms with Crippen LogP contribution in [0.4, 0.5) is 0 Å². The van der Waals surface area contributed by atoms with Crippen molar-refractivity contribution in [2.24, 2.45) is 5.73 Å². The largest absolute Gasteiger partial charge is 0.369 e. The molecule has 0 aromatic heterocycles. The Hall–Kier alpha value is -1.06. The van der Waals surface area contributed by atoms with Gasteiger partial charge in [0.15, 0.2) is 0 Å². The van der Waals surface area contributed by atoms with E-state index in [-0.39, 0.29) is 17.9 Å². The van der Waals surface area contributed by atoms with Crippen LogP contribution in [0.15, 0.2) is 24.3 Å². The van der Waals surface area contributed by atoms with E-state index in [2.05, 4.69) is 11.8 Å². The lowest BCUT2D eigenvalue weighted by molar-refractivity contribution is -0.120. The van der Waals surface area contributed by atoms with Crippen molar-refractivity contribution in [3.63, 3.8) is 0 Å². The third-order valence-electron chi connectivity index (χ3n) is 3.74. The Bertz CT molecular complexity index is 418. The van der Waals surface area contributed by atoms with Crippen LogP contribution in [0.3, 0.4) is 0 Å². The molecular formula is C14H19ClN2O. The summed E-state index contributed by atoms with van der Waals surface area (Å²) in [7, 11) is 0. The van der Waals surface area contributed by atoms with Gasteiger partial charge < -0.3 is 5.73 Å². The topological polar surface area (TPSA) is 46.3 Å². The van der Waals surface area contributed by atoms with Gasteiger partial charge in [0.2, 0.25) is 5.91 Å². The zero-order chi connectivity index (χ0) is 13.1. The first-order chi connectivity index (χ1) is 8.63. The fourth-order valence-electron chi connectivity index (χ4n) is 2.87. The van der Waals surface area contributed by atoms with Crippen LogP contribution in [0, 0.1) is 0 Å². The zero-order valence-corrected chi connectivity index (χ0v) is 11.4. The summed E-state index contributed by atoms with van der Waals surface area (Å²) in [6.07, 6.45) is 2.17. The maximum absolute atomic E-state index is 11.8. The highest BCUT2D eigenvalue weighted by Crippen LogP contribution is 2.31. The van der Waals surface area contributed by atoms with Crippen molar-refractivity contribution in [1.82, 2.24) is 4.90 Å². The highest BCUT2D eigenvalue weighted by atomic mass is 35.5. The lowest BCUT2D eigenvalue weighted by Crippen LogP contribution is -2.40. The van der Waals surface area contributed by atoms with Crippen LogP contribution in [-0.4, -0.2) is 29.9 Å². The first-order valence-electron chi connectivity index (χ1n) is 6.42. The van der Waals surface area contributed by atoms with Crippen molar-refractivity contribution in [2.45, 2.75) is 31.7 Å². The average molecular weight is 267 g/mol. The minimum Gasteiger partial charge on any atom is -0.369 e. The van der Waals surface area contributed by atoms with Gasteiger partial charge in [0.1, 0.15) is 0 Å². The van der Waals surface area contributed by atoms with E-state index in [4.69, 9.17) is 17.3 Å². The van der Waals surface area contributed by atoms with Crippen LogP contribution in [0.5, 0.6) is 0 Å². The van der Waals surface area contributed by atoms with Gasteiger partial charge in [-0.05, 0) is 43.6 Å². The summed E-state index contributed by atoms with van der Waals surface area (Å²) in [5.41, 5.74) is 6.57. The number of halogens is 1. The third kappa shape index (κ3) is 2.68. The van der Waals surface area contributed by atoms with Gasteiger partial charge in [0, 0.05) is 11.1 Å². The predicted octanol–water partition coefficient (Wildman–Crippen LogP) is 2.39. The molecule has 1 aromatic carbocycles. The van der Waals surface area contributed by atoms with Crippen LogP contribution < -0.4 is 5.73 Å². The SMILES string of the molecule is CCN1CCC[C@H]1[C@@H](C(N)=O)c1ccc(Cl)cc1. The van der Waals surface area contributed by atoms with E-state index in [1.165, 1.54) is 0 Å². The number of primary amides is 1. The Morgan fingerprint density at radius 2 is 2.17 bits per heavy atom. The molecule has 0 bridgehead atoms. The Balaban J connectivity index is 2.28. The van der Waals surface area contributed by atoms with E-state index in [1.807, 2.05) is 24.3 Å². The second-order valence-corrected chi connectivity index (χ2v) is 5.21. The number of benzene rings is 1. The van der Waals surface area contributed by atoms with Crippen molar-refractivity contribution >= 4 is 17.5 Å². The number of carbonyl (C=O) groups excluding carboxylic acids is 1. The van der Waals surface area contributed by atoms with Gasteiger partial charge in [0.05, 0.1) is 5.92 Å². The summed E-state index contributed by atoms with van der Waals surface area (Å²) < 4.78 is 0. The van der Waals surface area contributed by atoms with Crippen LogP contribution in [0.25, 0.3) is 0 Å². The second kappa shape index (κ2) is 5.72. The third-order valence-corrected chi connectivity index (χ3v) is 3.99. The second-order valence-electron chi connectivity index (χ2n) is 4.77. The van der Waals surface area contributed by atoms with Crippen molar-refractivity contribution < 1.29 is 4.79 Å². The molecule has 1 aliphatic rings. The summed E-state index contributed by atoms with van der Waals surface area (Å²) in [4.78, 5) is 14.1. The fourth-order valence-corrected chi connectivity index (χ4v) is 2.99. The number of likely N-dealkylation sites (N-methyl/N-ethyl adjacent to an activating group) is 1. The molecule has 0 unspecified atom stereocenters. The predicted molar refractivity (Wildman–Crippen MR) is 73.7 cm³/mol. The number of hydrogen-bond acceptors (Lipinski definition) is 2. The first-order valence-corrected chi connectivity index (χ1v) is 6.80. The van der Waals surface area contributed by atoms with Crippen LogP contribution in [-0.2, 0) is 4.79 Å². The maximum Gasteiger partial charge on any atom is 0.226 e. The van der Waals surface area contributed by atoms with Crippen LogP contribution >= 0.6 is 11.6 Å². The van der Waals surface area contributed by atoms with Crippen molar-refractivity contribution in [3.8, 4) is 0 Å². The van der Waals surface area contributed by atoms with Crippen LogP contribution in [0.2, 0.25) is 5.02 Å². The molecule has 0 radical (unpaired) electrons. The van der Waals surface area contributed by atoms with Gasteiger partial charge in [-0.1, -0.05) is 30.7 Å². The maximum atomic E-state index is 11.8. The highest BCUT2D eigenvalue weighted by molar-refractivity contribution is 6.30. The van der Waals surface area contributed by atoms with Gasteiger partial charge >= 0.3 is 0 Å². The van der Waals surface area contributed by atoms with Crippen molar-refractivity contribution in [3.05, 3.63) is 34.9 Å². The molecule has 1 amide bonds. The normalized spacial score (nSPS) is 22.0. The summed E-state index contributed by atoms with van der Waals surface area (Å²) in [6, 6.07) is 7.68. The molecule has 18 heavy (non-hydrogen) atoms. The molecule has 1 saturated heterocycles. The zero-order valence-electron chi connectivity index (χ0n) is 10.6. The molecule has 0 spiro atoms. The van der Waals surface area contributed by atoms with Gasteiger partial charge in [-0.3, -0.25) is 9.69 Å². The van der Waals surface area contributed by atoms with E-state index in [1.54, 1.807) is 0 Å². The molecule has 2 N–H and O–H groups in total. The Kier molecular flexibility index (Phi) is 4.25. The van der Waals surface area contributed by atoms with E-state index in [0.29, 0.717) is 5.02 Å². The minimum atomic E-state index is -0.248. The monoisotopic (exact) mass is 266 g/mol. The molecule has 0 aliphatic carbocycles. The molecule has 0 saturated carbocycles. The highest BCUT2D eigenvalue weighted by Gasteiger charge is 2.34. The molecule has 1 fully saturated rings. The van der Waals surface area contributed by atoms with Gasteiger partial charge in [-0.15, -0.1) is 0 Å². The molecule has 1 heterocycles. The lowest BCUT2D eigenvalue weighted by atomic mass is 9.89. The smallest absolute Gasteiger partial charge is 0.226 e. The molecule has 2 rings (SSSR count). The Morgan fingerprint density at radius 1 is 1.50 bits per heavy atom. The van der Waals surface area contributed by atoms with E-state index < -0.39 is 0 Å². The number of carbonyl (C=O) groups is 1. The van der Waals surface area contributed by atoms with Crippen LogP contribution in [0.1, 0.15) is 31.2 Å². The fraction of sp³-hybridized carbons (Fsp3) is 0.500. The van der Waals surface area contributed by atoms with E-state index >= 15 is 0 Å². The number of hydrogen-bond donors (Lipinski definition) is 1. The first kappa shape index (κ1) is 13.4. The number of amides is 1.